The number of furan rings is 1. The van der Waals surface area contributed by atoms with E-state index < -0.39 is 5.91 Å². The smallest absolute Gasteiger partial charge is 0.307 e. The van der Waals surface area contributed by atoms with E-state index in [2.05, 4.69) is 42.4 Å². The van der Waals surface area contributed by atoms with Gasteiger partial charge in [0.1, 0.15) is 17.9 Å². The first kappa shape index (κ1) is 24.1. The average Bonchev–Trinajstić information content (AvgIpc) is 3.19. The maximum atomic E-state index is 12.3. The highest BCUT2D eigenvalue weighted by atomic mass is 79.9. The molecular formula is C23H13Br2Cl3N2O3. The van der Waals surface area contributed by atoms with Crippen molar-refractivity contribution in [2.45, 2.75) is 6.61 Å². The minimum Gasteiger partial charge on any atom is -0.487 e. The van der Waals surface area contributed by atoms with Crippen LogP contribution in [0.1, 0.15) is 21.7 Å². The lowest BCUT2D eigenvalue weighted by atomic mass is 10.2. The van der Waals surface area contributed by atoms with Gasteiger partial charge in [-0.25, -0.2) is 5.43 Å². The van der Waals surface area contributed by atoms with Crippen LogP contribution in [-0.2, 0) is 6.61 Å². The number of hydrazone groups is 1. The van der Waals surface area contributed by atoms with E-state index in [1.807, 2.05) is 18.2 Å². The summed E-state index contributed by atoms with van der Waals surface area (Å²) in [7, 11) is 0. The van der Waals surface area contributed by atoms with Gasteiger partial charge >= 0.3 is 5.91 Å². The van der Waals surface area contributed by atoms with E-state index in [-0.39, 0.29) is 5.76 Å². The summed E-state index contributed by atoms with van der Waals surface area (Å²) < 4.78 is 12.9. The molecule has 1 amide bonds. The summed E-state index contributed by atoms with van der Waals surface area (Å²) in [5.41, 5.74) is 4.63. The van der Waals surface area contributed by atoms with Crippen molar-refractivity contribution >= 4 is 89.8 Å². The van der Waals surface area contributed by atoms with Crippen LogP contribution in [0.25, 0.3) is 11.0 Å². The summed E-state index contributed by atoms with van der Waals surface area (Å²) in [6, 6.07) is 15.7. The Hall–Kier alpha value is -2.03. The lowest BCUT2D eigenvalue weighted by Gasteiger charge is -2.12. The molecule has 0 bridgehead atoms. The molecule has 3 aromatic carbocycles. The van der Waals surface area contributed by atoms with Crippen molar-refractivity contribution in [1.29, 1.82) is 0 Å². The van der Waals surface area contributed by atoms with E-state index >= 15 is 0 Å². The fourth-order valence-electron chi connectivity index (χ4n) is 2.92. The molecule has 0 aliphatic heterocycles. The average molecular weight is 632 g/mol. The summed E-state index contributed by atoms with van der Waals surface area (Å²) in [5, 5.41) is 6.27. The quantitative estimate of drug-likeness (QED) is 0.172. The Bertz CT molecular complexity index is 1370. The number of halogens is 5. The van der Waals surface area contributed by atoms with E-state index in [9.17, 15) is 4.79 Å². The molecule has 33 heavy (non-hydrogen) atoms. The zero-order chi connectivity index (χ0) is 23.5. The molecule has 0 aliphatic rings. The minimum absolute atomic E-state index is 0.137. The molecule has 0 saturated carbocycles. The highest BCUT2D eigenvalue weighted by Crippen LogP contribution is 2.35. The number of benzene rings is 3. The number of hydrogen-bond donors (Lipinski definition) is 1. The van der Waals surface area contributed by atoms with Crippen LogP contribution >= 0.6 is 66.7 Å². The molecule has 0 aliphatic carbocycles. The van der Waals surface area contributed by atoms with Crippen molar-refractivity contribution < 1.29 is 13.9 Å². The molecule has 4 aromatic rings. The molecule has 0 radical (unpaired) electrons. The van der Waals surface area contributed by atoms with Gasteiger partial charge in [-0.1, -0.05) is 40.9 Å². The number of amides is 1. The number of rotatable bonds is 6. The number of hydrogen-bond acceptors (Lipinski definition) is 4. The van der Waals surface area contributed by atoms with Crippen molar-refractivity contribution in [3.8, 4) is 5.75 Å². The van der Waals surface area contributed by atoms with Crippen molar-refractivity contribution in [2.75, 3.05) is 0 Å². The molecule has 0 fully saturated rings. The van der Waals surface area contributed by atoms with Gasteiger partial charge in [-0.3, -0.25) is 4.79 Å². The number of nitrogens with zero attached hydrogens (tertiary/aromatic N) is 1. The Labute approximate surface area is 220 Å². The molecule has 5 nitrogen and oxygen atoms in total. The molecule has 1 N–H and O–H groups in total. The first-order chi connectivity index (χ1) is 15.8. The van der Waals surface area contributed by atoms with Crippen LogP contribution in [0.5, 0.6) is 5.75 Å². The Kier molecular flexibility index (Phi) is 7.66. The SMILES string of the molecule is O=C(N/N=C/c1cc(Br)c(OCc2ccc(Cl)c(Cl)c2)c(Br)c1)c1cc2cc(Cl)ccc2o1. The monoisotopic (exact) mass is 628 g/mol. The summed E-state index contributed by atoms with van der Waals surface area (Å²) in [6.07, 6.45) is 1.51. The van der Waals surface area contributed by atoms with Crippen LogP contribution in [0.2, 0.25) is 15.1 Å². The van der Waals surface area contributed by atoms with Crippen molar-refractivity contribution in [2.24, 2.45) is 5.10 Å². The molecule has 10 heteroatoms. The molecule has 1 heterocycles. The third kappa shape index (κ3) is 5.91. The number of carbonyl (C=O) groups excluding carboxylic acids is 1. The Morgan fingerprint density at radius 3 is 2.48 bits per heavy atom. The third-order valence-corrected chi connectivity index (χ3v) is 6.62. The number of ether oxygens (including phenoxy) is 1. The van der Waals surface area contributed by atoms with Gasteiger partial charge in [0, 0.05) is 10.4 Å². The highest BCUT2D eigenvalue weighted by molar-refractivity contribution is 9.11. The fraction of sp³-hybridized carbons (Fsp3) is 0.0435. The Morgan fingerprint density at radius 1 is 1.00 bits per heavy atom. The second-order valence-electron chi connectivity index (χ2n) is 6.84. The largest absolute Gasteiger partial charge is 0.487 e. The number of nitrogens with one attached hydrogen (secondary N) is 1. The van der Waals surface area contributed by atoms with Gasteiger partial charge < -0.3 is 9.15 Å². The van der Waals surface area contributed by atoms with Crippen molar-refractivity contribution in [3.63, 3.8) is 0 Å². The third-order valence-electron chi connectivity index (χ3n) is 4.47. The summed E-state index contributed by atoms with van der Waals surface area (Å²) in [4.78, 5) is 12.3. The van der Waals surface area contributed by atoms with Gasteiger partial charge in [-0.15, -0.1) is 0 Å². The summed E-state index contributed by atoms with van der Waals surface area (Å²) in [6.45, 7) is 0.306. The van der Waals surface area contributed by atoms with Gasteiger partial charge in [0.15, 0.2) is 5.76 Å². The standard InChI is InChI=1S/C23H13Br2Cl3N2O3/c24-16-5-13(6-17(25)22(16)32-11-12-1-3-18(27)19(28)7-12)10-29-30-23(31)21-9-14-8-15(26)2-4-20(14)33-21/h1-10H,11H2,(H,30,31)/b29-10+. The second-order valence-corrected chi connectivity index (χ2v) is 9.80. The van der Waals surface area contributed by atoms with Gasteiger partial charge in [-0.05, 0) is 91.5 Å². The molecular weight excluding hydrogens is 618 g/mol. The van der Waals surface area contributed by atoms with E-state index in [0.717, 1.165) is 16.5 Å². The van der Waals surface area contributed by atoms with Gasteiger partial charge in [-0.2, -0.15) is 5.10 Å². The van der Waals surface area contributed by atoms with Gasteiger partial charge in [0.25, 0.3) is 0 Å². The lowest BCUT2D eigenvalue weighted by molar-refractivity contribution is 0.0929. The first-order valence-corrected chi connectivity index (χ1v) is 12.1. The van der Waals surface area contributed by atoms with Gasteiger partial charge in [0.05, 0.1) is 25.2 Å². The van der Waals surface area contributed by atoms with Crippen LogP contribution in [0.3, 0.4) is 0 Å². The molecule has 168 valence electrons. The van der Waals surface area contributed by atoms with Crippen LogP contribution in [0, 0.1) is 0 Å². The molecule has 0 atom stereocenters. The molecule has 4 rings (SSSR count). The predicted molar refractivity (Wildman–Crippen MR) is 139 cm³/mol. The van der Waals surface area contributed by atoms with Gasteiger partial charge in [0.2, 0.25) is 0 Å². The normalized spacial score (nSPS) is 11.3. The van der Waals surface area contributed by atoms with Crippen molar-refractivity contribution in [3.05, 3.63) is 95.5 Å². The zero-order valence-electron chi connectivity index (χ0n) is 16.5. The predicted octanol–water partition coefficient (Wildman–Crippen LogP) is 8.26. The van der Waals surface area contributed by atoms with Crippen LogP contribution in [0.15, 0.2) is 73.1 Å². The second kappa shape index (κ2) is 10.5. The topological polar surface area (TPSA) is 63.8 Å². The minimum atomic E-state index is -0.474. The number of fused-ring (bicyclic) bond motifs is 1. The maximum Gasteiger partial charge on any atom is 0.307 e. The Morgan fingerprint density at radius 2 is 1.76 bits per heavy atom. The summed E-state index contributed by atoms with van der Waals surface area (Å²) >= 11 is 25.0. The van der Waals surface area contributed by atoms with E-state index in [0.29, 0.717) is 42.0 Å². The van der Waals surface area contributed by atoms with E-state index in [1.54, 1.807) is 36.4 Å². The zero-order valence-corrected chi connectivity index (χ0v) is 22.0. The van der Waals surface area contributed by atoms with E-state index in [4.69, 9.17) is 44.0 Å². The summed E-state index contributed by atoms with van der Waals surface area (Å²) in [5.74, 6) is 0.277. The highest BCUT2D eigenvalue weighted by Gasteiger charge is 2.13. The van der Waals surface area contributed by atoms with Crippen LogP contribution in [-0.4, -0.2) is 12.1 Å². The van der Waals surface area contributed by atoms with Crippen molar-refractivity contribution in [1.82, 2.24) is 5.43 Å². The molecule has 0 spiro atoms. The first-order valence-electron chi connectivity index (χ1n) is 9.38. The Balaban J connectivity index is 1.41. The lowest BCUT2D eigenvalue weighted by Crippen LogP contribution is -2.16. The molecule has 0 unspecified atom stereocenters. The van der Waals surface area contributed by atoms with E-state index in [1.165, 1.54) is 6.21 Å². The van der Waals surface area contributed by atoms with Crippen LogP contribution < -0.4 is 10.2 Å². The maximum absolute atomic E-state index is 12.3. The number of carbonyl (C=O) groups is 1. The fourth-order valence-corrected chi connectivity index (χ4v) is 4.88. The molecule has 1 aromatic heterocycles. The van der Waals surface area contributed by atoms with Crippen LogP contribution in [0.4, 0.5) is 0 Å². The molecule has 0 saturated heterocycles.